The summed E-state index contributed by atoms with van der Waals surface area (Å²) in [4.78, 5) is 4.64. The summed E-state index contributed by atoms with van der Waals surface area (Å²) in [5.41, 5.74) is 1.10. The van der Waals surface area contributed by atoms with E-state index in [1.54, 1.807) is 32.2 Å². The van der Waals surface area contributed by atoms with E-state index in [2.05, 4.69) is 15.0 Å². The number of aromatic nitrogens is 1. The van der Waals surface area contributed by atoms with Gasteiger partial charge in [0.1, 0.15) is 23.1 Å². The molecule has 5 rings (SSSR count). The fraction of sp³-hybridized carbons (Fsp3) is 0.429. The largest absolute Gasteiger partial charge is 0.496 e. The van der Waals surface area contributed by atoms with Crippen LogP contribution in [0, 0.1) is 17.1 Å². The van der Waals surface area contributed by atoms with Crippen LogP contribution in [0.25, 0.3) is 10.9 Å². The average molecular weight is 570 g/mol. The Balaban J connectivity index is 1.49. The van der Waals surface area contributed by atoms with Crippen LogP contribution >= 0.6 is 0 Å². The quantitative estimate of drug-likeness (QED) is 0.412. The lowest BCUT2D eigenvalue weighted by Crippen LogP contribution is -2.41. The van der Waals surface area contributed by atoms with E-state index in [9.17, 15) is 18.1 Å². The lowest BCUT2D eigenvalue weighted by atomic mass is 9.83. The van der Waals surface area contributed by atoms with Crippen LogP contribution in [0.2, 0.25) is 0 Å². The molecule has 0 saturated carbocycles. The summed E-state index contributed by atoms with van der Waals surface area (Å²) >= 11 is 0. The maximum atomic E-state index is 14.9. The first-order valence-electron chi connectivity index (χ1n) is 13.2. The van der Waals surface area contributed by atoms with Gasteiger partial charge in [0.2, 0.25) is 0 Å². The average Bonchev–Trinajstić information content (AvgIpc) is 3.36. The van der Waals surface area contributed by atoms with Crippen LogP contribution in [0.1, 0.15) is 43.2 Å². The zero-order valence-corrected chi connectivity index (χ0v) is 23.5. The van der Waals surface area contributed by atoms with Crippen LogP contribution in [0.4, 0.5) is 10.1 Å². The molecule has 0 bridgehead atoms. The van der Waals surface area contributed by atoms with Crippen molar-refractivity contribution in [2.24, 2.45) is 0 Å². The van der Waals surface area contributed by atoms with Crippen molar-refractivity contribution in [2.45, 2.75) is 37.7 Å². The molecule has 1 aromatic heterocycles. The van der Waals surface area contributed by atoms with Crippen molar-refractivity contribution in [1.29, 1.82) is 5.26 Å². The Morgan fingerprint density at radius 3 is 2.75 bits per heavy atom. The van der Waals surface area contributed by atoms with Gasteiger partial charge in [0.05, 0.1) is 30.5 Å². The number of benzene rings is 2. The number of halogens is 1. The highest BCUT2D eigenvalue weighted by Crippen LogP contribution is 2.46. The van der Waals surface area contributed by atoms with E-state index in [1.165, 1.54) is 13.1 Å². The summed E-state index contributed by atoms with van der Waals surface area (Å²) in [6.45, 7) is 4.32. The summed E-state index contributed by atoms with van der Waals surface area (Å²) < 4.78 is 61.5. The smallest absolute Gasteiger partial charge is 0.301 e. The van der Waals surface area contributed by atoms with E-state index >= 15 is 0 Å². The standard InChI is InChI=1S/C28H32FN5O5S/c1-4-34(2)40(35,36)33-25-8-6-23(29)27(21(25)15-30)39-19-5-7-24-20(13-19)26(37-3)22(16-32-24)18-14-28(38-17-18)9-11-31-12-10-28/h5-8,13,16,18,31,33H,4,9-12,14,17H2,1-3H3/t18-/m0/s1. The van der Waals surface area contributed by atoms with Crippen molar-refractivity contribution in [2.75, 3.05) is 45.1 Å². The fourth-order valence-electron chi connectivity index (χ4n) is 5.38. The number of fused-ring (bicyclic) bond motifs is 1. The van der Waals surface area contributed by atoms with Gasteiger partial charge in [-0.25, -0.2) is 4.39 Å². The number of rotatable bonds is 8. The molecular weight excluding hydrogens is 537 g/mol. The van der Waals surface area contributed by atoms with Crippen LogP contribution in [-0.2, 0) is 14.9 Å². The molecule has 0 radical (unpaired) electrons. The second-order valence-corrected chi connectivity index (χ2v) is 11.9. The molecule has 3 heterocycles. The van der Waals surface area contributed by atoms with Gasteiger partial charge in [-0.05, 0) is 62.7 Å². The number of hydrogen-bond donors (Lipinski definition) is 2. The Kier molecular flexibility index (Phi) is 7.83. The predicted octanol–water partition coefficient (Wildman–Crippen LogP) is 4.28. The SMILES string of the molecule is CCN(C)S(=O)(=O)Nc1ccc(F)c(Oc2ccc3ncc([C@@H]4COC5(CCNCC5)C4)c(OC)c3c2)c1C#N. The lowest BCUT2D eigenvalue weighted by Gasteiger charge is -2.33. The molecule has 0 aliphatic carbocycles. The molecule has 212 valence electrons. The molecule has 1 atom stereocenters. The number of hydrogen-bond acceptors (Lipinski definition) is 8. The summed E-state index contributed by atoms with van der Waals surface area (Å²) in [6.07, 6.45) is 4.62. The first-order chi connectivity index (χ1) is 19.2. The zero-order valence-electron chi connectivity index (χ0n) is 22.7. The van der Waals surface area contributed by atoms with E-state index in [-0.39, 0.29) is 40.8 Å². The van der Waals surface area contributed by atoms with Crippen molar-refractivity contribution >= 4 is 26.8 Å². The van der Waals surface area contributed by atoms with Crippen molar-refractivity contribution in [3.63, 3.8) is 0 Å². The molecular formula is C28H32FN5O5S. The number of pyridine rings is 1. The molecule has 3 aromatic rings. The summed E-state index contributed by atoms with van der Waals surface area (Å²) in [5.74, 6) is -0.203. The van der Waals surface area contributed by atoms with Crippen LogP contribution in [0.5, 0.6) is 17.2 Å². The Morgan fingerprint density at radius 1 is 1.27 bits per heavy atom. The Bertz CT molecular complexity index is 1570. The van der Waals surface area contributed by atoms with Crippen LogP contribution in [-0.4, -0.2) is 63.7 Å². The number of ether oxygens (including phenoxy) is 3. The minimum Gasteiger partial charge on any atom is -0.496 e. The molecule has 40 heavy (non-hydrogen) atoms. The van der Waals surface area contributed by atoms with Crippen LogP contribution in [0.15, 0.2) is 36.5 Å². The Labute approximate surface area is 233 Å². The van der Waals surface area contributed by atoms with Gasteiger partial charge in [0.15, 0.2) is 11.6 Å². The first kappa shape index (κ1) is 28.0. The maximum absolute atomic E-state index is 14.9. The third-order valence-corrected chi connectivity index (χ3v) is 9.28. The number of nitrogens with one attached hydrogen (secondary N) is 2. The highest BCUT2D eigenvalue weighted by atomic mass is 32.2. The number of nitrogens with zero attached hydrogens (tertiary/aromatic N) is 3. The molecule has 0 amide bonds. The van der Waals surface area contributed by atoms with E-state index in [1.807, 2.05) is 12.3 Å². The molecule has 2 N–H and O–H groups in total. The topological polar surface area (TPSA) is 126 Å². The molecule has 2 aliphatic rings. The minimum absolute atomic E-state index is 0.0883. The van der Waals surface area contributed by atoms with Gasteiger partial charge in [-0.2, -0.15) is 18.0 Å². The Morgan fingerprint density at radius 2 is 2.05 bits per heavy atom. The Hall–Kier alpha value is -3.50. The van der Waals surface area contributed by atoms with Crippen molar-refractivity contribution in [1.82, 2.24) is 14.6 Å². The predicted molar refractivity (Wildman–Crippen MR) is 148 cm³/mol. The third kappa shape index (κ3) is 5.30. The number of anilines is 1. The van der Waals surface area contributed by atoms with Gasteiger partial charge in [0.25, 0.3) is 0 Å². The molecule has 12 heteroatoms. The molecule has 1 spiro atoms. The molecule has 2 saturated heterocycles. The van der Waals surface area contributed by atoms with E-state index in [4.69, 9.17) is 14.2 Å². The number of nitriles is 1. The molecule has 2 aliphatic heterocycles. The van der Waals surface area contributed by atoms with Crippen molar-refractivity contribution in [3.8, 4) is 23.3 Å². The zero-order chi connectivity index (χ0) is 28.5. The number of piperidine rings is 1. The minimum atomic E-state index is -3.94. The fourth-order valence-corrected chi connectivity index (χ4v) is 6.32. The van der Waals surface area contributed by atoms with Gasteiger partial charge in [-0.15, -0.1) is 0 Å². The summed E-state index contributed by atoms with van der Waals surface area (Å²) in [6, 6.07) is 9.14. The second kappa shape index (κ2) is 11.2. The van der Waals surface area contributed by atoms with Gasteiger partial charge in [-0.3, -0.25) is 9.71 Å². The van der Waals surface area contributed by atoms with Crippen molar-refractivity contribution < 1.29 is 27.0 Å². The second-order valence-electron chi connectivity index (χ2n) is 10.1. The van der Waals surface area contributed by atoms with Crippen molar-refractivity contribution in [3.05, 3.63) is 53.5 Å². The highest BCUT2D eigenvalue weighted by molar-refractivity contribution is 7.90. The monoisotopic (exact) mass is 569 g/mol. The van der Waals surface area contributed by atoms with Gasteiger partial charge in [0, 0.05) is 36.7 Å². The van der Waals surface area contributed by atoms with E-state index in [0.29, 0.717) is 23.3 Å². The normalized spacial score (nSPS) is 18.6. The molecule has 2 aromatic carbocycles. The van der Waals surface area contributed by atoms with Crippen LogP contribution in [0.3, 0.4) is 0 Å². The summed E-state index contributed by atoms with van der Waals surface area (Å²) in [7, 11) is -0.956. The van der Waals surface area contributed by atoms with E-state index in [0.717, 1.165) is 48.3 Å². The first-order valence-corrected chi connectivity index (χ1v) is 14.6. The van der Waals surface area contributed by atoms with Gasteiger partial charge >= 0.3 is 10.2 Å². The molecule has 0 unspecified atom stereocenters. The summed E-state index contributed by atoms with van der Waals surface area (Å²) in [5, 5.41) is 13.9. The van der Waals surface area contributed by atoms with Gasteiger partial charge in [-0.1, -0.05) is 6.92 Å². The van der Waals surface area contributed by atoms with Gasteiger partial charge < -0.3 is 19.5 Å². The highest BCUT2D eigenvalue weighted by Gasteiger charge is 2.42. The van der Waals surface area contributed by atoms with E-state index < -0.39 is 16.0 Å². The number of methoxy groups -OCH3 is 1. The lowest BCUT2D eigenvalue weighted by molar-refractivity contribution is -0.0193. The molecule has 2 fully saturated rings. The maximum Gasteiger partial charge on any atom is 0.301 e. The van der Waals surface area contributed by atoms with Crippen LogP contribution < -0.4 is 19.5 Å². The third-order valence-electron chi connectivity index (χ3n) is 7.72. The molecule has 10 nitrogen and oxygen atoms in total.